The van der Waals surface area contributed by atoms with Crippen LogP contribution in [0, 0.1) is 0 Å². The van der Waals surface area contributed by atoms with Gasteiger partial charge in [-0.05, 0) is 19.3 Å². The molecular weight excluding hydrogens is 226 g/mol. The van der Waals surface area contributed by atoms with Crippen LogP contribution in [0.25, 0.3) is 0 Å². The molecule has 0 unspecified atom stereocenters. The molecule has 0 radical (unpaired) electrons. The van der Waals surface area contributed by atoms with Crippen LogP contribution in [0.3, 0.4) is 0 Å². The zero-order valence-electron chi connectivity index (χ0n) is 11.2. The van der Waals surface area contributed by atoms with Crippen molar-refractivity contribution in [1.82, 2.24) is 15.2 Å². The van der Waals surface area contributed by atoms with Gasteiger partial charge in [0.05, 0.1) is 6.20 Å². The first-order valence-corrected chi connectivity index (χ1v) is 7.08. The van der Waals surface area contributed by atoms with E-state index in [0.717, 1.165) is 37.8 Å². The van der Waals surface area contributed by atoms with Gasteiger partial charge >= 0.3 is 0 Å². The Morgan fingerprint density at radius 3 is 2.72 bits per heavy atom. The maximum Gasteiger partial charge on any atom is 0.247 e. The van der Waals surface area contributed by atoms with Gasteiger partial charge in [0.1, 0.15) is 0 Å². The lowest BCUT2D eigenvalue weighted by Gasteiger charge is -2.19. The quantitative estimate of drug-likeness (QED) is 0.812. The van der Waals surface area contributed by atoms with Gasteiger partial charge in [0.25, 0.3) is 0 Å². The van der Waals surface area contributed by atoms with Crippen molar-refractivity contribution in [3.05, 3.63) is 6.20 Å². The van der Waals surface area contributed by atoms with Crippen molar-refractivity contribution in [3.8, 4) is 0 Å². The van der Waals surface area contributed by atoms with Crippen LogP contribution in [-0.2, 0) is 0 Å². The number of unbranched alkanes of at least 4 members (excludes halogenated alkanes) is 1. The minimum absolute atomic E-state index is 0.776. The molecule has 5 heteroatoms. The fourth-order valence-electron chi connectivity index (χ4n) is 2.18. The zero-order chi connectivity index (χ0) is 12.6. The van der Waals surface area contributed by atoms with E-state index in [9.17, 15) is 0 Å². The molecule has 1 aliphatic rings. The Bertz CT molecular complexity index is 347. The van der Waals surface area contributed by atoms with E-state index in [1.165, 1.54) is 32.1 Å². The molecule has 2 rings (SSSR count). The molecule has 18 heavy (non-hydrogen) atoms. The molecule has 1 fully saturated rings. The molecule has 1 N–H and O–H groups in total. The third kappa shape index (κ3) is 3.82. The van der Waals surface area contributed by atoms with Gasteiger partial charge in [-0.25, -0.2) is 0 Å². The van der Waals surface area contributed by atoms with Gasteiger partial charge in [-0.1, -0.05) is 26.2 Å². The van der Waals surface area contributed by atoms with Crippen LogP contribution in [0.4, 0.5) is 11.8 Å². The van der Waals surface area contributed by atoms with Crippen molar-refractivity contribution in [2.45, 2.75) is 45.4 Å². The average Bonchev–Trinajstić information content (AvgIpc) is 2.68. The van der Waals surface area contributed by atoms with E-state index in [0.29, 0.717) is 0 Å². The van der Waals surface area contributed by atoms with Crippen LogP contribution >= 0.6 is 0 Å². The van der Waals surface area contributed by atoms with E-state index in [-0.39, 0.29) is 0 Å². The first-order valence-electron chi connectivity index (χ1n) is 7.08. The lowest BCUT2D eigenvalue weighted by molar-refractivity contribution is 0.726. The SMILES string of the molecule is CCCCNc1cnnc(N2CCCCCC2)n1. The summed E-state index contributed by atoms with van der Waals surface area (Å²) in [6.45, 7) is 5.25. The number of hydrogen-bond donors (Lipinski definition) is 1. The largest absolute Gasteiger partial charge is 0.369 e. The fraction of sp³-hybridized carbons (Fsp3) is 0.769. The second-order valence-electron chi connectivity index (χ2n) is 4.82. The molecule has 1 aromatic heterocycles. The Morgan fingerprint density at radius 2 is 2.00 bits per heavy atom. The van der Waals surface area contributed by atoms with Gasteiger partial charge in [-0.2, -0.15) is 10.1 Å². The Morgan fingerprint density at radius 1 is 1.22 bits per heavy atom. The van der Waals surface area contributed by atoms with Crippen molar-refractivity contribution in [1.29, 1.82) is 0 Å². The Kier molecular flexibility index (Phi) is 5.17. The molecule has 0 atom stereocenters. The lowest BCUT2D eigenvalue weighted by atomic mass is 10.2. The summed E-state index contributed by atoms with van der Waals surface area (Å²) < 4.78 is 0. The van der Waals surface area contributed by atoms with Gasteiger partial charge in [0.15, 0.2) is 5.82 Å². The topological polar surface area (TPSA) is 53.9 Å². The van der Waals surface area contributed by atoms with E-state index in [4.69, 9.17) is 0 Å². The number of nitrogens with one attached hydrogen (secondary N) is 1. The third-order valence-electron chi connectivity index (χ3n) is 3.27. The summed E-state index contributed by atoms with van der Waals surface area (Å²) in [4.78, 5) is 6.81. The summed E-state index contributed by atoms with van der Waals surface area (Å²) >= 11 is 0. The second-order valence-corrected chi connectivity index (χ2v) is 4.82. The van der Waals surface area contributed by atoms with Gasteiger partial charge in [0.2, 0.25) is 5.95 Å². The highest BCUT2D eigenvalue weighted by Gasteiger charge is 2.13. The summed E-state index contributed by atoms with van der Waals surface area (Å²) in [7, 11) is 0. The molecule has 0 aromatic carbocycles. The first-order chi connectivity index (χ1) is 8.90. The number of rotatable bonds is 5. The summed E-state index contributed by atoms with van der Waals surface area (Å²) in [6.07, 6.45) is 9.15. The first kappa shape index (κ1) is 13.1. The minimum atomic E-state index is 0.776. The zero-order valence-corrected chi connectivity index (χ0v) is 11.2. The van der Waals surface area contributed by atoms with Crippen molar-refractivity contribution in [3.63, 3.8) is 0 Å². The standard InChI is InChI=1S/C13H23N5/c1-2-3-8-14-12-11-15-17-13(16-12)18-9-6-4-5-7-10-18/h11H,2-10H2,1H3,(H,14,16,17). The maximum absolute atomic E-state index is 4.55. The summed E-state index contributed by atoms with van der Waals surface area (Å²) in [5.74, 6) is 1.62. The average molecular weight is 249 g/mol. The molecule has 0 aliphatic carbocycles. The number of nitrogens with zero attached hydrogens (tertiary/aromatic N) is 4. The molecule has 1 saturated heterocycles. The van der Waals surface area contributed by atoms with E-state index in [1.54, 1.807) is 6.20 Å². The van der Waals surface area contributed by atoms with Crippen LogP contribution in [0.1, 0.15) is 45.4 Å². The van der Waals surface area contributed by atoms with E-state index >= 15 is 0 Å². The predicted molar refractivity (Wildman–Crippen MR) is 73.9 cm³/mol. The molecule has 0 spiro atoms. The predicted octanol–water partition coefficient (Wildman–Crippen LogP) is 2.46. The summed E-state index contributed by atoms with van der Waals surface area (Å²) in [6, 6.07) is 0. The number of aromatic nitrogens is 3. The van der Waals surface area contributed by atoms with Crippen LogP contribution in [0.5, 0.6) is 0 Å². The monoisotopic (exact) mass is 249 g/mol. The molecule has 2 heterocycles. The highest BCUT2D eigenvalue weighted by Crippen LogP contribution is 2.15. The molecule has 0 amide bonds. The second kappa shape index (κ2) is 7.13. The molecular formula is C13H23N5. The van der Waals surface area contributed by atoms with E-state index in [1.807, 2.05) is 0 Å². The molecule has 0 saturated carbocycles. The van der Waals surface area contributed by atoms with Crippen LogP contribution in [0.2, 0.25) is 0 Å². The lowest BCUT2D eigenvalue weighted by Crippen LogP contribution is -2.26. The third-order valence-corrected chi connectivity index (χ3v) is 3.27. The summed E-state index contributed by atoms with van der Waals surface area (Å²) in [5, 5.41) is 11.5. The Hall–Kier alpha value is -1.39. The van der Waals surface area contributed by atoms with E-state index in [2.05, 4.69) is 32.3 Å². The normalized spacial score (nSPS) is 16.4. The number of anilines is 2. The van der Waals surface area contributed by atoms with Crippen LogP contribution < -0.4 is 10.2 Å². The molecule has 100 valence electrons. The van der Waals surface area contributed by atoms with Crippen molar-refractivity contribution in [2.24, 2.45) is 0 Å². The van der Waals surface area contributed by atoms with Gasteiger partial charge in [-0.15, -0.1) is 5.10 Å². The fourth-order valence-corrected chi connectivity index (χ4v) is 2.18. The highest BCUT2D eigenvalue weighted by molar-refractivity contribution is 5.38. The molecule has 1 aliphatic heterocycles. The molecule has 0 bridgehead atoms. The Labute approximate surface area is 109 Å². The van der Waals surface area contributed by atoms with Gasteiger partial charge in [0, 0.05) is 19.6 Å². The van der Waals surface area contributed by atoms with Crippen molar-refractivity contribution in [2.75, 3.05) is 29.9 Å². The van der Waals surface area contributed by atoms with Crippen LogP contribution in [-0.4, -0.2) is 34.8 Å². The smallest absolute Gasteiger partial charge is 0.247 e. The maximum atomic E-state index is 4.55. The van der Waals surface area contributed by atoms with Crippen molar-refractivity contribution < 1.29 is 0 Å². The van der Waals surface area contributed by atoms with Crippen LogP contribution in [0.15, 0.2) is 6.20 Å². The minimum Gasteiger partial charge on any atom is -0.369 e. The number of hydrogen-bond acceptors (Lipinski definition) is 5. The highest BCUT2D eigenvalue weighted by atomic mass is 15.3. The van der Waals surface area contributed by atoms with Gasteiger partial charge in [-0.3, -0.25) is 0 Å². The molecule has 1 aromatic rings. The van der Waals surface area contributed by atoms with E-state index < -0.39 is 0 Å². The Balaban J connectivity index is 1.96. The van der Waals surface area contributed by atoms with Crippen molar-refractivity contribution >= 4 is 11.8 Å². The molecule has 5 nitrogen and oxygen atoms in total. The summed E-state index contributed by atoms with van der Waals surface area (Å²) in [5.41, 5.74) is 0. The van der Waals surface area contributed by atoms with Gasteiger partial charge < -0.3 is 10.2 Å².